The first-order chi connectivity index (χ1) is 13.4. The van der Waals surface area contributed by atoms with Crippen molar-refractivity contribution in [3.05, 3.63) is 0 Å². The van der Waals surface area contributed by atoms with Gasteiger partial charge in [0, 0.05) is 6.42 Å². The van der Waals surface area contributed by atoms with Gasteiger partial charge in [-0.25, -0.2) is 0 Å². The molecule has 0 aromatic heterocycles. The topological polar surface area (TPSA) is 74.6 Å². The highest BCUT2D eigenvalue weighted by molar-refractivity contribution is 5.76. The number of rotatable bonds is 19. The molecule has 28 heavy (non-hydrogen) atoms. The molecule has 0 bridgehead atoms. The summed E-state index contributed by atoms with van der Waals surface area (Å²) in [5.74, 6) is -1.20. The largest absolute Gasteiger partial charge is 0.481 e. The Labute approximate surface area is 173 Å². The lowest BCUT2D eigenvalue weighted by Gasteiger charge is -2.44. The Morgan fingerprint density at radius 3 is 1.29 bits per heavy atom. The number of hydrogen-bond acceptors (Lipinski definition) is 2. The summed E-state index contributed by atoms with van der Waals surface area (Å²) >= 11 is 0. The molecule has 0 fully saturated rings. The number of carboxylic acids is 2. The van der Waals surface area contributed by atoms with Crippen LogP contribution in [0.5, 0.6) is 0 Å². The first-order valence-electron chi connectivity index (χ1n) is 11.9. The van der Waals surface area contributed by atoms with Crippen LogP contribution in [0.4, 0.5) is 0 Å². The molecule has 0 unspecified atom stereocenters. The molecule has 0 saturated carbocycles. The first-order valence-corrected chi connectivity index (χ1v) is 11.9. The van der Waals surface area contributed by atoms with Crippen LogP contribution in [0.15, 0.2) is 0 Å². The summed E-state index contributed by atoms with van der Waals surface area (Å²) in [4.78, 5) is 24.0. The van der Waals surface area contributed by atoms with E-state index in [0.29, 0.717) is 12.8 Å². The molecule has 0 aliphatic rings. The van der Waals surface area contributed by atoms with Crippen LogP contribution in [0.1, 0.15) is 124 Å². The lowest BCUT2D eigenvalue weighted by Crippen LogP contribution is -2.45. The van der Waals surface area contributed by atoms with E-state index in [4.69, 9.17) is 5.11 Å². The van der Waals surface area contributed by atoms with Crippen molar-refractivity contribution in [1.29, 1.82) is 0 Å². The van der Waals surface area contributed by atoms with Gasteiger partial charge in [-0.1, -0.05) is 79.1 Å². The molecule has 0 aliphatic heterocycles. The van der Waals surface area contributed by atoms with E-state index in [9.17, 15) is 14.7 Å². The van der Waals surface area contributed by atoms with Gasteiger partial charge in [0.25, 0.3) is 0 Å². The van der Waals surface area contributed by atoms with Crippen molar-refractivity contribution in [3.8, 4) is 0 Å². The van der Waals surface area contributed by atoms with E-state index in [1.165, 1.54) is 0 Å². The van der Waals surface area contributed by atoms with Crippen LogP contribution >= 0.6 is 0 Å². The van der Waals surface area contributed by atoms with Crippen LogP contribution in [-0.2, 0) is 9.59 Å². The number of aliphatic carboxylic acids is 2. The monoisotopic (exact) mass is 398 g/mol. The third kappa shape index (κ3) is 8.96. The van der Waals surface area contributed by atoms with Crippen LogP contribution in [0.3, 0.4) is 0 Å². The molecule has 0 aromatic carbocycles. The van der Waals surface area contributed by atoms with Gasteiger partial charge < -0.3 is 10.2 Å². The van der Waals surface area contributed by atoms with Crippen LogP contribution in [0.25, 0.3) is 0 Å². The molecule has 0 aromatic rings. The molecular formula is C24H46O4. The Morgan fingerprint density at radius 2 is 1.04 bits per heavy atom. The van der Waals surface area contributed by atoms with E-state index in [-0.39, 0.29) is 18.3 Å². The zero-order chi connectivity index (χ0) is 21.4. The van der Waals surface area contributed by atoms with Crippen molar-refractivity contribution in [1.82, 2.24) is 0 Å². The molecular weight excluding hydrogens is 352 g/mol. The van der Waals surface area contributed by atoms with Crippen molar-refractivity contribution in [2.45, 2.75) is 124 Å². The Balaban J connectivity index is 5.99. The maximum Gasteiger partial charge on any atom is 0.310 e. The van der Waals surface area contributed by atoms with Crippen molar-refractivity contribution < 1.29 is 19.8 Å². The molecule has 2 N–H and O–H groups in total. The third-order valence-electron chi connectivity index (χ3n) is 6.46. The van der Waals surface area contributed by atoms with E-state index in [1.54, 1.807) is 0 Å². The molecule has 0 radical (unpaired) electrons. The normalized spacial score (nSPS) is 12.1. The zero-order valence-corrected chi connectivity index (χ0v) is 19.0. The summed E-state index contributed by atoms with van der Waals surface area (Å²) in [6.07, 6.45) is 13.3. The zero-order valence-electron chi connectivity index (χ0n) is 19.0. The average Bonchev–Trinajstić information content (AvgIpc) is 2.66. The molecule has 0 spiro atoms. The molecule has 0 amide bonds. The van der Waals surface area contributed by atoms with E-state index in [1.807, 2.05) is 0 Å². The van der Waals surface area contributed by atoms with Gasteiger partial charge in [-0.05, 0) is 50.4 Å². The van der Waals surface area contributed by atoms with Crippen molar-refractivity contribution in [2.24, 2.45) is 17.3 Å². The number of unbranched alkanes of at least 4 members (excludes halogenated alkanes) is 4. The summed E-state index contributed by atoms with van der Waals surface area (Å²) in [6, 6.07) is 0. The van der Waals surface area contributed by atoms with Gasteiger partial charge in [0.15, 0.2) is 0 Å². The fourth-order valence-electron chi connectivity index (χ4n) is 4.85. The molecule has 0 heterocycles. The Bertz CT molecular complexity index is 383. The highest BCUT2D eigenvalue weighted by Gasteiger charge is 2.49. The maximum atomic E-state index is 12.9. The first kappa shape index (κ1) is 26.9. The second-order valence-electron chi connectivity index (χ2n) is 8.56. The Morgan fingerprint density at radius 1 is 0.679 bits per heavy atom. The minimum Gasteiger partial charge on any atom is -0.481 e. The second kappa shape index (κ2) is 15.8. The number of carboxylic acid groups (broad SMARTS) is 2. The fourth-order valence-corrected chi connectivity index (χ4v) is 4.85. The smallest absolute Gasteiger partial charge is 0.310 e. The summed E-state index contributed by atoms with van der Waals surface area (Å²) in [6.45, 7) is 8.65. The predicted octanol–water partition coefficient (Wildman–Crippen LogP) is 7.31. The Hall–Kier alpha value is -1.06. The average molecular weight is 399 g/mol. The SMILES string of the molecule is CCCCC(CCCC)C(CCCC(=O)O)(C(=O)O)C(CCCC)CCCC. The highest BCUT2D eigenvalue weighted by atomic mass is 16.4. The number of hydrogen-bond donors (Lipinski definition) is 2. The molecule has 4 nitrogen and oxygen atoms in total. The molecule has 166 valence electrons. The van der Waals surface area contributed by atoms with Gasteiger partial charge in [-0.15, -0.1) is 0 Å². The minimum atomic E-state index is -0.823. The number of carbonyl (C=O) groups is 2. The predicted molar refractivity (Wildman–Crippen MR) is 117 cm³/mol. The summed E-state index contributed by atoms with van der Waals surface area (Å²) in [5, 5.41) is 19.7. The lowest BCUT2D eigenvalue weighted by atomic mass is 9.58. The van der Waals surface area contributed by atoms with Gasteiger partial charge in [-0.2, -0.15) is 0 Å². The standard InChI is InChI=1S/C24H46O4/c1-5-9-14-20(15-10-6-2)24(23(27)28,19-13-18-22(25)26)21(16-11-7-3)17-12-8-4/h20-21H,5-19H2,1-4H3,(H,25,26)(H,27,28). The van der Waals surface area contributed by atoms with Crippen LogP contribution in [0, 0.1) is 17.3 Å². The second-order valence-corrected chi connectivity index (χ2v) is 8.56. The molecule has 0 aliphatic carbocycles. The van der Waals surface area contributed by atoms with Crippen LogP contribution in [0.2, 0.25) is 0 Å². The van der Waals surface area contributed by atoms with E-state index in [2.05, 4.69) is 27.7 Å². The van der Waals surface area contributed by atoms with Gasteiger partial charge in [-0.3, -0.25) is 9.59 Å². The van der Waals surface area contributed by atoms with Gasteiger partial charge in [0.05, 0.1) is 5.41 Å². The maximum absolute atomic E-state index is 12.9. The van der Waals surface area contributed by atoms with Gasteiger partial charge in [0.2, 0.25) is 0 Å². The highest BCUT2D eigenvalue weighted by Crippen LogP contribution is 2.49. The third-order valence-corrected chi connectivity index (χ3v) is 6.46. The summed E-state index contributed by atoms with van der Waals surface area (Å²) < 4.78 is 0. The molecule has 0 saturated heterocycles. The summed E-state index contributed by atoms with van der Waals surface area (Å²) in [5.41, 5.74) is -0.774. The van der Waals surface area contributed by atoms with Gasteiger partial charge >= 0.3 is 11.9 Å². The van der Waals surface area contributed by atoms with E-state index < -0.39 is 17.4 Å². The fraction of sp³-hybridized carbons (Fsp3) is 0.917. The van der Waals surface area contributed by atoms with E-state index >= 15 is 0 Å². The van der Waals surface area contributed by atoms with Crippen molar-refractivity contribution in [2.75, 3.05) is 0 Å². The van der Waals surface area contributed by atoms with Crippen LogP contribution in [-0.4, -0.2) is 22.2 Å². The van der Waals surface area contributed by atoms with E-state index in [0.717, 1.165) is 77.0 Å². The molecule has 0 rings (SSSR count). The van der Waals surface area contributed by atoms with Crippen LogP contribution < -0.4 is 0 Å². The van der Waals surface area contributed by atoms with Gasteiger partial charge in [0.1, 0.15) is 0 Å². The summed E-state index contributed by atoms with van der Waals surface area (Å²) in [7, 11) is 0. The Kier molecular flexibility index (Phi) is 15.2. The van der Waals surface area contributed by atoms with Crippen molar-refractivity contribution >= 4 is 11.9 Å². The quantitative estimate of drug-likeness (QED) is 0.239. The van der Waals surface area contributed by atoms with Crippen molar-refractivity contribution in [3.63, 3.8) is 0 Å². The molecule has 0 atom stereocenters. The molecule has 4 heteroatoms. The lowest BCUT2D eigenvalue weighted by molar-refractivity contribution is -0.161. The minimum absolute atomic E-state index is 0.0670.